The number of nitrogens with zero attached hydrogens (tertiary/aromatic N) is 2. The molecule has 1 aromatic heterocycles. The molecule has 1 aliphatic carbocycles. The third-order valence-electron chi connectivity index (χ3n) is 5.87. The Balaban J connectivity index is 1.49. The first-order valence-corrected chi connectivity index (χ1v) is 10.9. The Morgan fingerprint density at radius 1 is 1.09 bits per heavy atom. The number of para-hydroxylation sites is 1. The molecule has 10 heteroatoms. The van der Waals surface area contributed by atoms with E-state index < -0.39 is 12.1 Å². The number of nitrogens with one attached hydrogen (secondary N) is 2. The molecular formula is C22H21Cl2F3N4O. The minimum Gasteiger partial charge on any atom is -0.349 e. The number of aromatic nitrogens is 2. The fraction of sp³-hybridized carbons (Fsp3) is 0.364. The smallest absolute Gasteiger partial charge is 0.349 e. The third kappa shape index (κ3) is 4.66. The van der Waals surface area contributed by atoms with Gasteiger partial charge in [0.15, 0.2) is 0 Å². The van der Waals surface area contributed by atoms with Crippen LogP contribution in [0.4, 0.5) is 24.8 Å². The largest absolute Gasteiger partial charge is 0.391 e. The van der Waals surface area contributed by atoms with Crippen molar-refractivity contribution in [1.82, 2.24) is 14.9 Å². The minimum atomic E-state index is -4.17. The Morgan fingerprint density at radius 3 is 2.38 bits per heavy atom. The Labute approximate surface area is 192 Å². The number of benzene rings is 2. The van der Waals surface area contributed by atoms with Crippen LogP contribution in [0.5, 0.6) is 0 Å². The summed E-state index contributed by atoms with van der Waals surface area (Å²) >= 11 is 12.4. The summed E-state index contributed by atoms with van der Waals surface area (Å²) in [6.07, 6.45) is -3.47. The third-order valence-corrected chi connectivity index (χ3v) is 6.50. The lowest BCUT2D eigenvalue weighted by molar-refractivity contribution is -0.182. The first-order chi connectivity index (χ1) is 15.1. The number of fused-ring (bicyclic) bond motifs is 1. The van der Waals surface area contributed by atoms with Gasteiger partial charge in [0.1, 0.15) is 0 Å². The quantitative estimate of drug-likeness (QED) is 0.445. The number of anilines is 2. The first-order valence-electron chi connectivity index (χ1n) is 10.2. The van der Waals surface area contributed by atoms with E-state index in [-0.39, 0.29) is 24.8 Å². The second-order valence-corrected chi connectivity index (χ2v) is 8.80. The van der Waals surface area contributed by atoms with Crippen LogP contribution in [0.2, 0.25) is 10.0 Å². The summed E-state index contributed by atoms with van der Waals surface area (Å²) in [5.74, 6) is -1.10. The van der Waals surface area contributed by atoms with Crippen LogP contribution < -0.4 is 10.6 Å². The predicted octanol–water partition coefficient (Wildman–Crippen LogP) is 6.47. The Kier molecular flexibility index (Phi) is 6.27. The lowest BCUT2D eigenvalue weighted by Gasteiger charge is -2.30. The molecule has 0 saturated heterocycles. The van der Waals surface area contributed by atoms with Gasteiger partial charge >= 0.3 is 6.18 Å². The van der Waals surface area contributed by atoms with Gasteiger partial charge in [-0.05, 0) is 56.0 Å². The van der Waals surface area contributed by atoms with Crippen LogP contribution in [0, 0.1) is 5.92 Å². The average Bonchev–Trinajstić information content (AvgIpc) is 3.05. The maximum atomic E-state index is 12.8. The molecule has 0 aliphatic heterocycles. The number of amides is 1. The standard InChI is InChI=1S/C22H21Cl2F3N4O/c1-31-18-10-5-12(20(32)28-14-8-6-13(7-9-14)22(25,26)27)11-17(18)29-21(31)30-19-15(23)3-2-4-16(19)24/h2-5,10-11,13-14H,6-9H2,1H3,(H,28,32)(H,29,30). The molecule has 4 rings (SSSR count). The maximum absolute atomic E-state index is 12.8. The molecule has 1 fully saturated rings. The van der Waals surface area contributed by atoms with E-state index in [1.807, 2.05) is 11.6 Å². The van der Waals surface area contributed by atoms with Gasteiger partial charge in [0.25, 0.3) is 5.91 Å². The van der Waals surface area contributed by atoms with Crippen molar-refractivity contribution in [3.8, 4) is 0 Å². The average molecular weight is 485 g/mol. The second-order valence-electron chi connectivity index (χ2n) is 7.98. The van der Waals surface area contributed by atoms with E-state index in [1.54, 1.807) is 36.4 Å². The van der Waals surface area contributed by atoms with E-state index in [9.17, 15) is 18.0 Å². The van der Waals surface area contributed by atoms with Crippen LogP contribution in [-0.4, -0.2) is 27.7 Å². The Bertz CT molecular complexity index is 1130. The van der Waals surface area contributed by atoms with E-state index in [2.05, 4.69) is 15.6 Å². The fourth-order valence-corrected chi connectivity index (χ4v) is 4.51. The van der Waals surface area contributed by atoms with Gasteiger partial charge in [0.05, 0.1) is 32.7 Å². The number of rotatable bonds is 4. The molecule has 0 unspecified atom stereocenters. The molecule has 0 atom stereocenters. The number of imidazole rings is 1. The van der Waals surface area contributed by atoms with Crippen LogP contribution in [0.15, 0.2) is 36.4 Å². The van der Waals surface area contributed by atoms with Gasteiger partial charge in [-0.1, -0.05) is 29.3 Å². The Morgan fingerprint density at radius 2 is 1.75 bits per heavy atom. The topological polar surface area (TPSA) is 59.0 Å². The molecule has 2 aromatic carbocycles. The number of aryl methyl sites for hydroxylation is 1. The highest BCUT2D eigenvalue weighted by Gasteiger charge is 2.41. The molecule has 1 saturated carbocycles. The summed E-state index contributed by atoms with van der Waals surface area (Å²) in [6.45, 7) is 0. The lowest BCUT2D eigenvalue weighted by atomic mass is 9.85. The maximum Gasteiger partial charge on any atom is 0.391 e. The van der Waals surface area contributed by atoms with Gasteiger partial charge in [-0.15, -0.1) is 0 Å². The highest BCUT2D eigenvalue weighted by molar-refractivity contribution is 6.39. The van der Waals surface area contributed by atoms with Crippen LogP contribution in [0.25, 0.3) is 11.0 Å². The minimum absolute atomic E-state index is 0.0351. The molecule has 0 spiro atoms. The highest BCUT2D eigenvalue weighted by atomic mass is 35.5. The van der Waals surface area contributed by atoms with Crippen molar-refractivity contribution in [2.24, 2.45) is 13.0 Å². The van der Waals surface area contributed by atoms with E-state index in [4.69, 9.17) is 23.2 Å². The fourth-order valence-electron chi connectivity index (χ4n) is 4.02. The summed E-state index contributed by atoms with van der Waals surface area (Å²) in [7, 11) is 1.82. The van der Waals surface area contributed by atoms with E-state index >= 15 is 0 Å². The van der Waals surface area contributed by atoms with E-state index in [0.29, 0.717) is 45.6 Å². The zero-order chi connectivity index (χ0) is 23.0. The van der Waals surface area contributed by atoms with Crippen LogP contribution in [-0.2, 0) is 7.05 Å². The van der Waals surface area contributed by atoms with Gasteiger partial charge in [-0.3, -0.25) is 4.79 Å². The monoisotopic (exact) mass is 484 g/mol. The van der Waals surface area contributed by atoms with Crippen molar-refractivity contribution in [2.75, 3.05) is 5.32 Å². The summed E-state index contributed by atoms with van der Waals surface area (Å²) in [5, 5.41) is 6.88. The van der Waals surface area contributed by atoms with Crippen molar-refractivity contribution in [1.29, 1.82) is 0 Å². The summed E-state index contributed by atoms with van der Waals surface area (Å²) < 4.78 is 40.3. The molecule has 32 heavy (non-hydrogen) atoms. The second kappa shape index (κ2) is 8.83. The van der Waals surface area contributed by atoms with E-state index in [0.717, 1.165) is 5.52 Å². The highest BCUT2D eigenvalue weighted by Crippen LogP contribution is 2.37. The molecular weight excluding hydrogens is 464 g/mol. The number of carbonyl (C=O) groups is 1. The zero-order valence-corrected chi connectivity index (χ0v) is 18.7. The van der Waals surface area contributed by atoms with Crippen LogP contribution >= 0.6 is 23.2 Å². The molecule has 2 N–H and O–H groups in total. The predicted molar refractivity (Wildman–Crippen MR) is 120 cm³/mol. The molecule has 170 valence electrons. The normalized spacial score (nSPS) is 19.2. The molecule has 1 heterocycles. The number of alkyl halides is 3. The van der Waals surface area contributed by atoms with Crippen LogP contribution in [0.3, 0.4) is 0 Å². The number of carbonyl (C=O) groups excluding carboxylic acids is 1. The van der Waals surface area contributed by atoms with Gasteiger partial charge in [-0.2, -0.15) is 13.2 Å². The molecule has 1 aliphatic rings. The number of hydrogen-bond acceptors (Lipinski definition) is 3. The molecule has 3 aromatic rings. The van der Waals surface area contributed by atoms with Gasteiger partial charge in [0, 0.05) is 18.7 Å². The number of hydrogen-bond donors (Lipinski definition) is 2. The number of halogens is 5. The first kappa shape index (κ1) is 22.7. The molecule has 0 radical (unpaired) electrons. The van der Waals surface area contributed by atoms with Crippen molar-refractivity contribution >= 4 is 51.8 Å². The SMILES string of the molecule is Cn1c(Nc2c(Cl)cccc2Cl)nc2cc(C(=O)NC3CCC(C(F)(F)F)CC3)ccc21. The van der Waals surface area contributed by atoms with Crippen molar-refractivity contribution in [2.45, 2.75) is 37.9 Å². The van der Waals surface area contributed by atoms with Gasteiger partial charge < -0.3 is 15.2 Å². The van der Waals surface area contributed by atoms with Crippen molar-refractivity contribution in [3.63, 3.8) is 0 Å². The summed E-state index contributed by atoms with van der Waals surface area (Å²) in [5.41, 5.74) is 2.31. The summed E-state index contributed by atoms with van der Waals surface area (Å²) in [6, 6.07) is 10.0. The zero-order valence-electron chi connectivity index (χ0n) is 17.1. The van der Waals surface area contributed by atoms with Crippen LogP contribution in [0.1, 0.15) is 36.0 Å². The Hall–Kier alpha value is -2.45. The molecule has 1 amide bonds. The summed E-state index contributed by atoms with van der Waals surface area (Å²) in [4.78, 5) is 17.2. The van der Waals surface area contributed by atoms with Gasteiger partial charge in [-0.25, -0.2) is 4.98 Å². The lowest BCUT2D eigenvalue weighted by Crippen LogP contribution is -2.40. The van der Waals surface area contributed by atoms with Crippen molar-refractivity contribution < 1.29 is 18.0 Å². The van der Waals surface area contributed by atoms with Gasteiger partial charge in [0.2, 0.25) is 5.95 Å². The van der Waals surface area contributed by atoms with Crippen molar-refractivity contribution in [3.05, 3.63) is 52.0 Å². The molecule has 5 nitrogen and oxygen atoms in total. The van der Waals surface area contributed by atoms with E-state index in [1.165, 1.54) is 0 Å². The molecule has 0 bridgehead atoms.